The van der Waals surface area contributed by atoms with Crippen molar-refractivity contribution in [3.63, 3.8) is 0 Å². The average Bonchev–Trinajstić information content (AvgIpc) is 1.69. The molecular weight excluding hydrogens is 92.1 g/mol. The van der Waals surface area contributed by atoms with Crippen molar-refractivity contribution in [3.05, 3.63) is 0 Å². The SMILES string of the molecule is CNCCNCO. The molecule has 0 bridgehead atoms. The summed E-state index contributed by atoms with van der Waals surface area (Å²) in [6, 6.07) is 0. The fourth-order valence-corrected chi connectivity index (χ4v) is 0.292. The van der Waals surface area contributed by atoms with Crippen LogP contribution in [0, 0.1) is 0 Å². The van der Waals surface area contributed by atoms with Gasteiger partial charge in [-0.2, -0.15) is 0 Å². The topological polar surface area (TPSA) is 44.3 Å². The van der Waals surface area contributed by atoms with E-state index in [4.69, 9.17) is 5.11 Å². The minimum atomic E-state index is 0.0711. The maximum absolute atomic E-state index is 8.15. The van der Waals surface area contributed by atoms with E-state index in [0.717, 1.165) is 13.1 Å². The van der Waals surface area contributed by atoms with Crippen LogP contribution in [0.4, 0.5) is 0 Å². The first kappa shape index (κ1) is 6.88. The van der Waals surface area contributed by atoms with E-state index < -0.39 is 0 Å². The molecule has 0 saturated carbocycles. The van der Waals surface area contributed by atoms with Crippen molar-refractivity contribution < 1.29 is 5.11 Å². The van der Waals surface area contributed by atoms with Gasteiger partial charge >= 0.3 is 0 Å². The summed E-state index contributed by atoms with van der Waals surface area (Å²) in [7, 11) is 1.87. The van der Waals surface area contributed by atoms with Crippen molar-refractivity contribution in [2.45, 2.75) is 0 Å². The summed E-state index contributed by atoms with van der Waals surface area (Å²) in [6.45, 7) is 1.80. The molecule has 0 rings (SSSR count). The van der Waals surface area contributed by atoms with Crippen LogP contribution in [0.1, 0.15) is 0 Å². The number of rotatable bonds is 4. The van der Waals surface area contributed by atoms with Crippen molar-refractivity contribution in [1.82, 2.24) is 10.6 Å². The molecule has 0 aliphatic heterocycles. The summed E-state index contributed by atoms with van der Waals surface area (Å²) in [5.74, 6) is 0. The summed E-state index contributed by atoms with van der Waals surface area (Å²) in [4.78, 5) is 0. The third kappa shape index (κ3) is 5.88. The lowest BCUT2D eigenvalue weighted by atomic mass is 10.6. The predicted octanol–water partition coefficient (Wildman–Crippen LogP) is -1.25. The molecule has 0 fully saturated rings. The second-order valence-corrected chi connectivity index (χ2v) is 1.26. The highest BCUT2D eigenvalue weighted by Crippen LogP contribution is 1.49. The van der Waals surface area contributed by atoms with Gasteiger partial charge in [0, 0.05) is 13.1 Å². The smallest absolute Gasteiger partial charge is 0.0931 e. The number of nitrogens with one attached hydrogen (secondary N) is 2. The Balaban J connectivity index is 2.45. The Kier molecular flexibility index (Phi) is 5.78. The van der Waals surface area contributed by atoms with Crippen LogP contribution in [0.3, 0.4) is 0 Å². The van der Waals surface area contributed by atoms with Crippen LogP contribution in [0.25, 0.3) is 0 Å². The molecule has 0 unspecified atom stereocenters. The van der Waals surface area contributed by atoms with Crippen LogP contribution in [0.5, 0.6) is 0 Å². The van der Waals surface area contributed by atoms with E-state index >= 15 is 0 Å². The summed E-state index contributed by atoms with van der Waals surface area (Å²) in [6.07, 6.45) is 0. The third-order valence-corrected chi connectivity index (χ3v) is 0.664. The first-order valence-corrected chi connectivity index (χ1v) is 2.38. The van der Waals surface area contributed by atoms with Crippen molar-refractivity contribution in [2.24, 2.45) is 0 Å². The van der Waals surface area contributed by atoms with E-state index in [1.165, 1.54) is 0 Å². The number of hydrogen-bond acceptors (Lipinski definition) is 3. The first-order chi connectivity index (χ1) is 3.41. The van der Waals surface area contributed by atoms with Crippen LogP contribution in [-0.2, 0) is 0 Å². The van der Waals surface area contributed by atoms with E-state index in [9.17, 15) is 0 Å². The van der Waals surface area contributed by atoms with Crippen LogP contribution in [0.15, 0.2) is 0 Å². The largest absolute Gasteiger partial charge is 0.381 e. The third-order valence-electron chi connectivity index (χ3n) is 0.664. The average molecular weight is 104 g/mol. The maximum Gasteiger partial charge on any atom is 0.0931 e. The molecule has 0 atom stereocenters. The summed E-state index contributed by atoms with van der Waals surface area (Å²) >= 11 is 0. The Hall–Kier alpha value is -0.120. The molecule has 0 radical (unpaired) electrons. The van der Waals surface area contributed by atoms with E-state index in [1.54, 1.807) is 0 Å². The van der Waals surface area contributed by atoms with Crippen molar-refractivity contribution in [1.29, 1.82) is 0 Å². The molecule has 0 aromatic carbocycles. The number of hydrogen-bond donors (Lipinski definition) is 3. The van der Waals surface area contributed by atoms with Crippen molar-refractivity contribution >= 4 is 0 Å². The van der Waals surface area contributed by atoms with E-state index in [0.29, 0.717) is 0 Å². The lowest BCUT2D eigenvalue weighted by Gasteiger charge is -1.96. The lowest BCUT2D eigenvalue weighted by molar-refractivity contribution is 0.261. The molecule has 0 aliphatic rings. The quantitative estimate of drug-likeness (QED) is 0.308. The fourth-order valence-electron chi connectivity index (χ4n) is 0.292. The molecule has 3 N–H and O–H groups in total. The van der Waals surface area contributed by atoms with Crippen LogP contribution < -0.4 is 10.6 Å². The molecule has 0 amide bonds. The molecule has 0 heterocycles. The molecule has 0 aromatic heterocycles. The highest BCUT2D eigenvalue weighted by Gasteiger charge is 1.76. The zero-order valence-electron chi connectivity index (χ0n) is 4.57. The van der Waals surface area contributed by atoms with Gasteiger partial charge in [0.15, 0.2) is 0 Å². The Morgan fingerprint density at radius 3 is 2.57 bits per heavy atom. The first-order valence-electron chi connectivity index (χ1n) is 2.38. The number of aliphatic hydroxyl groups excluding tert-OH is 1. The van der Waals surface area contributed by atoms with Crippen LogP contribution in [-0.4, -0.2) is 32.0 Å². The van der Waals surface area contributed by atoms with Crippen molar-refractivity contribution in [2.75, 3.05) is 26.9 Å². The predicted molar refractivity (Wildman–Crippen MR) is 29.0 cm³/mol. The summed E-state index contributed by atoms with van der Waals surface area (Å²) < 4.78 is 0. The molecular formula is C4H12N2O. The minimum absolute atomic E-state index is 0.0711. The number of likely N-dealkylation sites (N-methyl/N-ethyl adjacent to an activating group) is 1. The molecule has 3 nitrogen and oxygen atoms in total. The number of aliphatic hydroxyl groups is 1. The summed E-state index contributed by atoms with van der Waals surface area (Å²) in [5, 5.41) is 13.8. The Morgan fingerprint density at radius 2 is 2.14 bits per heavy atom. The molecule has 7 heavy (non-hydrogen) atoms. The Labute approximate surface area is 43.7 Å². The van der Waals surface area contributed by atoms with Gasteiger partial charge in [-0.15, -0.1) is 0 Å². The van der Waals surface area contributed by atoms with E-state index in [2.05, 4.69) is 10.6 Å². The monoisotopic (exact) mass is 104 g/mol. The second kappa shape index (κ2) is 5.88. The van der Waals surface area contributed by atoms with Crippen LogP contribution in [0.2, 0.25) is 0 Å². The van der Waals surface area contributed by atoms with Gasteiger partial charge in [0.1, 0.15) is 0 Å². The van der Waals surface area contributed by atoms with Crippen molar-refractivity contribution in [3.8, 4) is 0 Å². The standard InChI is InChI=1S/C4H12N2O/c1-5-2-3-6-4-7/h5-7H,2-4H2,1H3. The van der Waals surface area contributed by atoms with Gasteiger partial charge in [-0.25, -0.2) is 0 Å². The normalized spacial score (nSPS) is 9.43. The molecule has 44 valence electrons. The highest BCUT2D eigenvalue weighted by molar-refractivity contribution is 4.40. The van der Waals surface area contributed by atoms with Crippen LogP contribution >= 0.6 is 0 Å². The molecule has 0 aromatic rings. The molecule has 3 heteroatoms. The van der Waals surface area contributed by atoms with Gasteiger partial charge in [-0.3, -0.25) is 5.32 Å². The van der Waals surface area contributed by atoms with Gasteiger partial charge in [0.25, 0.3) is 0 Å². The van der Waals surface area contributed by atoms with Gasteiger partial charge in [-0.05, 0) is 7.05 Å². The molecule has 0 aliphatic carbocycles. The minimum Gasteiger partial charge on any atom is -0.381 e. The zero-order valence-corrected chi connectivity index (χ0v) is 4.57. The Morgan fingerprint density at radius 1 is 1.43 bits per heavy atom. The zero-order chi connectivity index (χ0) is 5.54. The molecule has 0 spiro atoms. The fraction of sp³-hybridized carbons (Fsp3) is 1.00. The summed E-state index contributed by atoms with van der Waals surface area (Å²) in [5.41, 5.74) is 0. The second-order valence-electron chi connectivity index (χ2n) is 1.26. The van der Waals surface area contributed by atoms with E-state index in [-0.39, 0.29) is 6.73 Å². The van der Waals surface area contributed by atoms with Gasteiger partial charge in [0.05, 0.1) is 6.73 Å². The van der Waals surface area contributed by atoms with Gasteiger partial charge in [0.2, 0.25) is 0 Å². The lowest BCUT2D eigenvalue weighted by Crippen LogP contribution is -2.25. The van der Waals surface area contributed by atoms with E-state index in [1.807, 2.05) is 7.05 Å². The van der Waals surface area contributed by atoms with Gasteiger partial charge in [-0.1, -0.05) is 0 Å². The Bertz CT molecular complexity index is 28.9. The highest BCUT2D eigenvalue weighted by atomic mass is 16.3. The molecule has 0 saturated heterocycles. The van der Waals surface area contributed by atoms with Gasteiger partial charge < -0.3 is 10.4 Å². The maximum atomic E-state index is 8.15.